The van der Waals surface area contributed by atoms with Crippen molar-refractivity contribution < 1.29 is 13.9 Å². The summed E-state index contributed by atoms with van der Waals surface area (Å²) in [6.07, 6.45) is 2.42. The second-order valence-electron chi connectivity index (χ2n) is 7.13. The van der Waals surface area contributed by atoms with E-state index in [0.717, 1.165) is 30.3 Å². The predicted octanol–water partition coefficient (Wildman–Crippen LogP) is 2.87. The normalized spacial score (nSPS) is 13.9. The summed E-state index contributed by atoms with van der Waals surface area (Å²) in [7, 11) is 0. The lowest BCUT2D eigenvalue weighted by Gasteiger charge is -2.28. The highest BCUT2D eigenvalue weighted by Gasteiger charge is 2.15. The van der Waals surface area contributed by atoms with Crippen molar-refractivity contribution in [3.05, 3.63) is 65.5 Å². The number of rotatable bonds is 8. The lowest BCUT2D eigenvalue weighted by molar-refractivity contribution is 0.0925. The van der Waals surface area contributed by atoms with Crippen LogP contribution in [0.25, 0.3) is 0 Å². The molecule has 0 saturated carbocycles. The molecule has 31 heavy (non-hydrogen) atoms. The maximum absolute atomic E-state index is 12.3. The van der Waals surface area contributed by atoms with E-state index in [4.69, 9.17) is 9.15 Å². The first-order valence-electron chi connectivity index (χ1n) is 10.3. The summed E-state index contributed by atoms with van der Waals surface area (Å²) in [5.41, 5.74) is 1.86. The summed E-state index contributed by atoms with van der Waals surface area (Å²) in [5.74, 6) is 2.25. The Labute approximate surface area is 185 Å². The van der Waals surface area contributed by atoms with E-state index in [1.165, 1.54) is 11.8 Å². The van der Waals surface area contributed by atoms with E-state index in [2.05, 4.69) is 25.2 Å². The first-order chi connectivity index (χ1) is 15.2. The number of nitrogens with one attached hydrogen (secondary N) is 1. The number of carbonyl (C=O) groups is 1. The molecule has 162 valence electrons. The Balaban J connectivity index is 1.29. The van der Waals surface area contributed by atoms with E-state index in [-0.39, 0.29) is 5.91 Å². The third-order valence-electron chi connectivity index (χ3n) is 4.78. The molecule has 1 fully saturated rings. The number of pyridine rings is 1. The van der Waals surface area contributed by atoms with Gasteiger partial charge in [-0.3, -0.25) is 9.78 Å². The molecule has 0 spiro atoms. The first kappa shape index (κ1) is 21.3. The number of amides is 1. The van der Waals surface area contributed by atoms with Gasteiger partial charge >= 0.3 is 0 Å². The van der Waals surface area contributed by atoms with Gasteiger partial charge < -0.3 is 19.4 Å². The minimum absolute atomic E-state index is 0.228. The van der Waals surface area contributed by atoms with Crippen molar-refractivity contribution in [2.45, 2.75) is 24.3 Å². The average Bonchev–Trinajstić information content (AvgIpc) is 3.28. The predicted molar refractivity (Wildman–Crippen MR) is 118 cm³/mol. The van der Waals surface area contributed by atoms with E-state index in [1.54, 1.807) is 12.3 Å². The van der Waals surface area contributed by atoms with Gasteiger partial charge in [0, 0.05) is 49.7 Å². The van der Waals surface area contributed by atoms with E-state index < -0.39 is 0 Å². The van der Waals surface area contributed by atoms with Gasteiger partial charge in [0.05, 0.1) is 19.0 Å². The van der Waals surface area contributed by atoms with Crippen LogP contribution in [0.15, 0.2) is 52.2 Å². The van der Waals surface area contributed by atoms with Crippen LogP contribution in [0.2, 0.25) is 0 Å². The van der Waals surface area contributed by atoms with Crippen molar-refractivity contribution in [3.63, 3.8) is 0 Å². The molecule has 0 bridgehead atoms. The Kier molecular flexibility index (Phi) is 7.16. The Morgan fingerprint density at radius 3 is 2.87 bits per heavy atom. The van der Waals surface area contributed by atoms with Crippen LogP contribution in [0.4, 0.5) is 5.82 Å². The Morgan fingerprint density at radius 1 is 1.19 bits per heavy atom. The van der Waals surface area contributed by atoms with Crippen LogP contribution in [0.5, 0.6) is 0 Å². The van der Waals surface area contributed by atoms with Gasteiger partial charge in [-0.25, -0.2) is 9.97 Å². The van der Waals surface area contributed by atoms with Gasteiger partial charge in [0.1, 0.15) is 11.6 Å². The second-order valence-corrected chi connectivity index (χ2v) is 8.07. The molecular weight excluding hydrogens is 414 g/mol. The van der Waals surface area contributed by atoms with Gasteiger partial charge in [-0.2, -0.15) is 0 Å². The molecule has 0 aromatic carbocycles. The zero-order chi connectivity index (χ0) is 21.5. The standard InChI is InChI=1S/C22H25N5O3S/c1-16-14-20(27-10-12-29-13-11-27)26-22(25-16)31-15-18-5-6-19(30-18)21(28)24-9-7-17-4-2-3-8-23-17/h2-6,8,14H,7,9-13,15H2,1H3,(H,24,28). The number of hydrogen-bond donors (Lipinski definition) is 1. The maximum Gasteiger partial charge on any atom is 0.287 e. The molecular formula is C22H25N5O3S. The average molecular weight is 440 g/mol. The highest BCUT2D eigenvalue weighted by molar-refractivity contribution is 7.98. The minimum Gasteiger partial charge on any atom is -0.455 e. The highest BCUT2D eigenvalue weighted by atomic mass is 32.2. The van der Waals surface area contributed by atoms with Gasteiger partial charge in [0.15, 0.2) is 10.9 Å². The molecule has 1 aliphatic rings. The molecule has 3 aromatic rings. The van der Waals surface area contributed by atoms with Gasteiger partial charge in [-0.15, -0.1) is 0 Å². The highest BCUT2D eigenvalue weighted by Crippen LogP contribution is 2.24. The molecule has 4 heterocycles. The molecule has 0 unspecified atom stereocenters. The van der Waals surface area contributed by atoms with E-state index in [9.17, 15) is 4.79 Å². The fourth-order valence-electron chi connectivity index (χ4n) is 3.19. The van der Waals surface area contributed by atoms with Gasteiger partial charge in [0.25, 0.3) is 5.91 Å². The molecule has 8 nitrogen and oxygen atoms in total. The van der Waals surface area contributed by atoms with Crippen molar-refractivity contribution in [1.82, 2.24) is 20.3 Å². The number of thioether (sulfide) groups is 1. The zero-order valence-electron chi connectivity index (χ0n) is 17.4. The summed E-state index contributed by atoms with van der Waals surface area (Å²) in [6.45, 7) is 5.56. The van der Waals surface area contributed by atoms with Gasteiger partial charge in [-0.05, 0) is 31.2 Å². The quantitative estimate of drug-likeness (QED) is 0.423. The molecule has 4 rings (SSSR count). The Bertz CT molecular complexity index is 1010. The molecule has 1 N–H and O–H groups in total. The smallest absolute Gasteiger partial charge is 0.287 e. The van der Waals surface area contributed by atoms with Crippen molar-refractivity contribution in [1.29, 1.82) is 0 Å². The molecule has 3 aromatic heterocycles. The van der Waals surface area contributed by atoms with Crippen molar-refractivity contribution in [2.75, 3.05) is 37.7 Å². The molecule has 0 aliphatic carbocycles. The Morgan fingerprint density at radius 2 is 2.06 bits per heavy atom. The fraction of sp³-hybridized carbons (Fsp3) is 0.364. The SMILES string of the molecule is Cc1cc(N2CCOCC2)nc(SCc2ccc(C(=O)NCCc3ccccn3)o2)n1. The molecule has 1 aliphatic heterocycles. The molecule has 0 atom stereocenters. The summed E-state index contributed by atoms with van der Waals surface area (Å²) >= 11 is 1.49. The summed E-state index contributed by atoms with van der Waals surface area (Å²) < 4.78 is 11.1. The number of furan rings is 1. The number of aryl methyl sites for hydroxylation is 1. The number of nitrogens with zero attached hydrogens (tertiary/aromatic N) is 4. The van der Waals surface area contributed by atoms with Crippen LogP contribution in [-0.2, 0) is 16.9 Å². The maximum atomic E-state index is 12.3. The Hall–Kier alpha value is -2.91. The van der Waals surface area contributed by atoms with Gasteiger partial charge in [0.2, 0.25) is 0 Å². The van der Waals surface area contributed by atoms with Crippen LogP contribution in [0.3, 0.4) is 0 Å². The third kappa shape index (κ3) is 6.05. The number of anilines is 1. The lowest BCUT2D eigenvalue weighted by atomic mass is 10.2. The van der Waals surface area contributed by atoms with Gasteiger partial charge in [-0.1, -0.05) is 17.8 Å². The number of ether oxygens (including phenoxy) is 1. The van der Waals surface area contributed by atoms with E-state index in [0.29, 0.717) is 48.6 Å². The molecule has 1 saturated heterocycles. The molecule has 1 amide bonds. The third-order valence-corrected chi connectivity index (χ3v) is 5.65. The molecule has 9 heteroatoms. The van der Waals surface area contributed by atoms with Crippen molar-refractivity contribution >= 4 is 23.5 Å². The number of hydrogen-bond acceptors (Lipinski definition) is 8. The second kappa shape index (κ2) is 10.4. The fourth-order valence-corrected chi connectivity index (χ4v) is 3.99. The van der Waals surface area contributed by atoms with Crippen molar-refractivity contribution in [2.24, 2.45) is 0 Å². The van der Waals surface area contributed by atoms with Crippen LogP contribution in [0, 0.1) is 6.92 Å². The van der Waals surface area contributed by atoms with Crippen molar-refractivity contribution in [3.8, 4) is 0 Å². The van der Waals surface area contributed by atoms with Crippen LogP contribution in [0.1, 0.15) is 27.7 Å². The summed E-state index contributed by atoms with van der Waals surface area (Å²) in [4.78, 5) is 28.0. The summed E-state index contributed by atoms with van der Waals surface area (Å²) in [5, 5.41) is 3.56. The number of aromatic nitrogens is 3. The van der Waals surface area contributed by atoms with Crippen LogP contribution >= 0.6 is 11.8 Å². The minimum atomic E-state index is -0.228. The van der Waals surface area contributed by atoms with Crippen LogP contribution in [-0.4, -0.2) is 53.7 Å². The largest absolute Gasteiger partial charge is 0.455 e. The lowest BCUT2D eigenvalue weighted by Crippen LogP contribution is -2.36. The zero-order valence-corrected chi connectivity index (χ0v) is 18.2. The topological polar surface area (TPSA) is 93.4 Å². The van der Waals surface area contributed by atoms with E-state index >= 15 is 0 Å². The summed E-state index contributed by atoms with van der Waals surface area (Å²) in [6, 6.07) is 11.3. The monoisotopic (exact) mass is 439 g/mol. The number of morpholine rings is 1. The number of carbonyl (C=O) groups excluding carboxylic acids is 1. The molecule has 0 radical (unpaired) electrons. The van der Waals surface area contributed by atoms with Crippen LogP contribution < -0.4 is 10.2 Å². The first-order valence-corrected chi connectivity index (χ1v) is 11.2. The van der Waals surface area contributed by atoms with E-state index in [1.807, 2.05) is 37.3 Å².